The van der Waals surface area contributed by atoms with E-state index in [2.05, 4.69) is 5.32 Å². The van der Waals surface area contributed by atoms with Gasteiger partial charge in [-0.3, -0.25) is 13.9 Å². The van der Waals surface area contributed by atoms with Gasteiger partial charge in [0.15, 0.2) is 0 Å². The molecule has 3 aromatic rings. The third-order valence-electron chi connectivity index (χ3n) is 6.33. The van der Waals surface area contributed by atoms with E-state index in [-0.39, 0.29) is 29.5 Å². The normalized spacial score (nSPS) is 12.5. The number of carbonyl (C=O) groups is 2. The Kier molecular flexibility index (Phi) is 10.7. The Morgan fingerprint density at radius 3 is 2.05 bits per heavy atom. The summed E-state index contributed by atoms with van der Waals surface area (Å²) in [5, 5.41) is 3.91. The first-order valence-electron chi connectivity index (χ1n) is 13.0. The van der Waals surface area contributed by atoms with Gasteiger partial charge in [0.2, 0.25) is 11.8 Å². The smallest absolute Gasteiger partial charge is 0.264 e. The minimum atomic E-state index is -4.21. The third-order valence-corrected chi connectivity index (χ3v) is 9.23. The lowest BCUT2D eigenvalue weighted by Gasteiger charge is -2.35. The van der Waals surface area contributed by atoms with Crippen LogP contribution in [0.1, 0.15) is 45.2 Å². The molecule has 1 atom stereocenters. The fourth-order valence-corrected chi connectivity index (χ4v) is 6.33. The Balaban J connectivity index is 2.13. The first-order chi connectivity index (χ1) is 19.2. The highest BCUT2D eigenvalue weighted by atomic mass is 35.5. The quantitative estimate of drug-likeness (QED) is 0.263. The Morgan fingerprint density at radius 2 is 1.51 bits per heavy atom. The number of sulfonamides is 1. The minimum absolute atomic E-state index is 0.00251. The van der Waals surface area contributed by atoms with E-state index in [1.165, 1.54) is 23.1 Å². The molecule has 0 saturated carbocycles. The van der Waals surface area contributed by atoms with Crippen molar-refractivity contribution in [1.82, 2.24) is 10.2 Å². The molecule has 1 N–H and O–H groups in total. The van der Waals surface area contributed by atoms with E-state index >= 15 is 0 Å². The Morgan fingerprint density at radius 1 is 0.902 bits per heavy atom. The minimum Gasteiger partial charge on any atom is -0.350 e. The van der Waals surface area contributed by atoms with Crippen LogP contribution in [0.25, 0.3) is 0 Å². The molecular formula is C30H34Cl3N3O4S. The highest BCUT2D eigenvalue weighted by Crippen LogP contribution is 2.30. The lowest BCUT2D eigenvalue weighted by molar-refractivity contribution is -0.141. The van der Waals surface area contributed by atoms with E-state index in [9.17, 15) is 18.0 Å². The molecule has 0 saturated heterocycles. The van der Waals surface area contributed by atoms with E-state index in [1.54, 1.807) is 62.4 Å². The summed E-state index contributed by atoms with van der Waals surface area (Å²) in [5.41, 5.74) is 0.837. The van der Waals surface area contributed by atoms with Gasteiger partial charge in [-0.15, -0.1) is 0 Å². The van der Waals surface area contributed by atoms with Gasteiger partial charge in [0.1, 0.15) is 12.6 Å². The van der Waals surface area contributed by atoms with E-state index < -0.39 is 34.1 Å². The molecule has 0 aliphatic rings. The largest absolute Gasteiger partial charge is 0.350 e. The third kappa shape index (κ3) is 8.16. The molecule has 2 amide bonds. The van der Waals surface area contributed by atoms with Crippen LogP contribution in [0.2, 0.25) is 15.1 Å². The number of rotatable bonds is 10. The first-order valence-corrected chi connectivity index (χ1v) is 15.6. The van der Waals surface area contributed by atoms with Crippen LogP contribution in [-0.4, -0.2) is 43.3 Å². The van der Waals surface area contributed by atoms with Gasteiger partial charge in [-0.05, 0) is 76.1 Å². The van der Waals surface area contributed by atoms with Crippen LogP contribution in [-0.2, 0) is 26.2 Å². The summed E-state index contributed by atoms with van der Waals surface area (Å²) in [6.07, 6.45) is 0.261. The predicted octanol–water partition coefficient (Wildman–Crippen LogP) is 6.87. The Bertz CT molecular complexity index is 1490. The average molecular weight is 639 g/mol. The molecule has 0 aliphatic heterocycles. The van der Waals surface area contributed by atoms with Crippen LogP contribution in [0, 0.1) is 6.92 Å². The number of carbonyl (C=O) groups excluding carboxylic acids is 2. The van der Waals surface area contributed by atoms with E-state index in [0.29, 0.717) is 20.6 Å². The summed E-state index contributed by atoms with van der Waals surface area (Å²) < 4.78 is 28.8. The van der Waals surface area contributed by atoms with Gasteiger partial charge in [0.05, 0.1) is 10.6 Å². The van der Waals surface area contributed by atoms with Crippen molar-refractivity contribution in [3.63, 3.8) is 0 Å². The number of nitrogens with one attached hydrogen (secondary N) is 1. The molecular weight excluding hydrogens is 605 g/mol. The molecule has 7 nitrogen and oxygen atoms in total. The summed E-state index contributed by atoms with van der Waals surface area (Å²) in [7, 11) is -4.21. The topological polar surface area (TPSA) is 86.8 Å². The van der Waals surface area contributed by atoms with Gasteiger partial charge in [0.25, 0.3) is 10.0 Å². The number of benzene rings is 3. The predicted molar refractivity (Wildman–Crippen MR) is 166 cm³/mol. The number of aryl methyl sites for hydroxylation is 1. The van der Waals surface area contributed by atoms with Crippen molar-refractivity contribution in [1.29, 1.82) is 0 Å². The maximum Gasteiger partial charge on any atom is 0.264 e. The second-order valence-electron chi connectivity index (χ2n) is 10.6. The molecule has 3 rings (SSSR count). The van der Waals surface area contributed by atoms with E-state index in [1.807, 2.05) is 20.8 Å². The molecule has 0 heterocycles. The van der Waals surface area contributed by atoms with Crippen molar-refractivity contribution in [3.05, 3.63) is 92.9 Å². The monoisotopic (exact) mass is 637 g/mol. The molecule has 0 aromatic heterocycles. The number of amides is 2. The van der Waals surface area contributed by atoms with Crippen molar-refractivity contribution in [2.45, 2.75) is 64.1 Å². The fourth-order valence-electron chi connectivity index (χ4n) is 4.21. The van der Waals surface area contributed by atoms with Crippen LogP contribution in [0.4, 0.5) is 5.69 Å². The van der Waals surface area contributed by atoms with Gasteiger partial charge < -0.3 is 10.2 Å². The summed E-state index contributed by atoms with van der Waals surface area (Å²) in [6, 6.07) is 16.6. The molecule has 220 valence electrons. The lowest BCUT2D eigenvalue weighted by Crippen LogP contribution is -2.55. The van der Waals surface area contributed by atoms with Crippen LogP contribution in [0.3, 0.4) is 0 Å². The van der Waals surface area contributed by atoms with Crippen LogP contribution >= 0.6 is 34.8 Å². The molecule has 0 spiro atoms. The first kappa shape index (κ1) is 32.7. The van der Waals surface area contributed by atoms with Crippen molar-refractivity contribution in [3.8, 4) is 0 Å². The summed E-state index contributed by atoms with van der Waals surface area (Å²) in [4.78, 5) is 28.9. The van der Waals surface area contributed by atoms with E-state index in [0.717, 1.165) is 9.87 Å². The summed E-state index contributed by atoms with van der Waals surface area (Å²) in [6.45, 7) is 8.37. The molecule has 41 heavy (non-hydrogen) atoms. The van der Waals surface area contributed by atoms with Crippen molar-refractivity contribution in [2.24, 2.45) is 0 Å². The lowest BCUT2D eigenvalue weighted by atomic mass is 10.1. The van der Waals surface area contributed by atoms with Crippen LogP contribution in [0.15, 0.2) is 71.6 Å². The zero-order valence-electron chi connectivity index (χ0n) is 23.6. The van der Waals surface area contributed by atoms with Gasteiger partial charge in [-0.1, -0.05) is 72.1 Å². The second kappa shape index (κ2) is 13.5. The number of nitrogens with zero attached hydrogens (tertiary/aromatic N) is 2. The number of anilines is 1. The Hall–Kier alpha value is -2.78. The van der Waals surface area contributed by atoms with Crippen molar-refractivity contribution >= 4 is 62.3 Å². The molecule has 0 radical (unpaired) electrons. The van der Waals surface area contributed by atoms with Gasteiger partial charge >= 0.3 is 0 Å². The van der Waals surface area contributed by atoms with Crippen LogP contribution < -0.4 is 9.62 Å². The summed E-state index contributed by atoms with van der Waals surface area (Å²) in [5.74, 6) is -1.000. The van der Waals surface area contributed by atoms with Gasteiger partial charge in [-0.25, -0.2) is 8.42 Å². The van der Waals surface area contributed by atoms with Gasteiger partial charge in [-0.2, -0.15) is 0 Å². The molecule has 0 unspecified atom stereocenters. The average Bonchev–Trinajstić information content (AvgIpc) is 2.89. The fraction of sp³-hybridized carbons (Fsp3) is 0.333. The standard InChI is InChI=1S/C30H34Cl3N3O4S/c1-6-27(29(38)34-30(3,4)5)35(18-23-24(31)13-10-14-25(23)32)28(37)19-36(21-16-15-20(2)26(33)17-21)41(39,40)22-11-8-7-9-12-22/h7-17,27H,6,18-19H2,1-5H3,(H,34,38)/t27-/m1/s1. The number of hydrogen-bond donors (Lipinski definition) is 1. The molecule has 3 aromatic carbocycles. The zero-order chi connectivity index (χ0) is 30.5. The second-order valence-corrected chi connectivity index (χ2v) is 13.7. The van der Waals surface area contributed by atoms with Crippen molar-refractivity contribution in [2.75, 3.05) is 10.8 Å². The molecule has 0 aliphatic carbocycles. The molecule has 0 fully saturated rings. The molecule has 11 heteroatoms. The van der Waals surface area contributed by atoms with E-state index in [4.69, 9.17) is 34.8 Å². The SMILES string of the molecule is CC[C@H](C(=O)NC(C)(C)C)N(Cc1c(Cl)cccc1Cl)C(=O)CN(c1ccc(C)c(Cl)c1)S(=O)(=O)c1ccccc1. The van der Waals surface area contributed by atoms with Crippen molar-refractivity contribution < 1.29 is 18.0 Å². The zero-order valence-corrected chi connectivity index (χ0v) is 26.7. The Labute approximate surface area is 257 Å². The highest BCUT2D eigenvalue weighted by Gasteiger charge is 2.35. The number of hydrogen-bond acceptors (Lipinski definition) is 4. The maximum absolute atomic E-state index is 14.2. The summed E-state index contributed by atoms with van der Waals surface area (Å²) >= 11 is 19.3. The van der Waals surface area contributed by atoms with Crippen LogP contribution in [0.5, 0.6) is 0 Å². The molecule has 0 bridgehead atoms. The number of halogens is 3. The maximum atomic E-state index is 14.2. The highest BCUT2D eigenvalue weighted by molar-refractivity contribution is 7.92. The van der Waals surface area contributed by atoms with Gasteiger partial charge in [0, 0.05) is 32.7 Å².